The smallest absolute Gasteiger partial charge is 0.462 e. The molecule has 0 aliphatic heterocycles. The third-order valence-electron chi connectivity index (χ3n) is 8.07. The first-order valence-corrected chi connectivity index (χ1v) is 19.5. The monoisotopic (exact) mass is 696 g/mol. The Morgan fingerprint density at radius 3 is 2.21 bits per heavy atom. The number of unbranched alkanes of at least 4 members (excludes halogenated alkanes) is 10. The molecule has 1 rings (SSSR count). The number of aliphatic hydroxyl groups excluding tert-OH is 1. The summed E-state index contributed by atoms with van der Waals surface area (Å²) in [5, 5.41) is 10.2. The zero-order valence-corrected chi connectivity index (χ0v) is 30.1. The number of hydrogen-bond donors (Lipinski definition) is 3. The van der Waals surface area contributed by atoms with Gasteiger partial charge in [-0.05, 0) is 63.4 Å². The fraction of sp³-hybridized carbons (Fsp3) is 0.703. The predicted octanol–water partition coefficient (Wildman–Crippen LogP) is 8.01. The molecule has 48 heavy (non-hydrogen) atoms. The number of carbonyl (C=O) groups excluding carboxylic acids is 3. The topological polar surface area (TPSA) is 157 Å². The molecule has 0 aromatic rings. The molecule has 0 fully saturated rings. The summed E-state index contributed by atoms with van der Waals surface area (Å²) in [7, 11) is -4.81. The van der Waals surface area contributed by atoms with Gasteiger partial charge in [0, 0.05) is 18.8 Å². The van der Waals surface area contributed by atoms with Crippen LogP contribution in [0, 0.1) is 11.8 Å². The third kappa shape index (κ3) is 23.9. The van der Waals surface area contributed by atoms with E-state index in [0.717, 1.165) is 57.8 Å². The van der Waals surface area contributed by atoms with Gasteiger partial charge in [0.25, 0.3) is 0 Å². The Morgan fingerprint density at radius 2 is 1.48 bits per heavy atom. The lowest BCUT2D eigenvalue weighted by Crippen LogP contribution is -2.29. The largest absolute Gasteiger partial charge is 0.469 e. The van der Waals surface area contributed by atoms with Crippen LogP contribution in [0.3, 0.4) is 0 Å². The number of ether oxygens (including phenoxy) is 2. The minimum atomic E-state index is -4.81. The highest BCUT2D eigenvalue weighted by atomic mass is 31.2. The van der Waals surface area contributed by atoms with Crippen LogP contribution in [0.5, 0.6) is 0 Å². The number of carbonyl (C=O) groups is 3. The normalized spacial score (nSPS) is 18.0. The lowest BCUT2D eigenvalue weighted by Gasteiger charge is -2.18. The number of ketones is 1. The zero-order chi connectivity index (χ0) is 35.5. The van der Waals surface area contributed by atoms with Crippen molar-refractivity contribution in [3.05, 3.63) is 48.6 Å². The molecule has 0 saturated carbocycles. The van der Waals surface area contributed by atoms with Crippen LogP contribution in [-0.4, -0.2) is 58.0 Å². The SMILES string of the molecule is CCCC/C=C\CCCCCCCC(=O)OC[C@H](COP(=O)(O)O)OC(=O)CCC/C=C\C[C@H]1C=CC(=O)[C@@H]1/C=C/[C@@H](O)CCCCC. The van der Waals surface area contributed by atoms with Gasteiger partial charge < -0.3 is 24.4 Å². The van der Waals surface area contributed by atoms with Gasteiger partial charge in [-0.1, -0.05) is 108 Å². The van der Waals surface area contributed by atoms with Crippen LogP contribution >= 0.6 is 7.82 Å². The average molecular weight is 697 g/mol. The highest BCUT2D eigenvalue weighted by Crippen LogP contribution is 2.36. The summed E-state index contributed by atoms with van der Waals surface area (Å²) in [6.07, 6.45) is 29.0. The van der Waals surface area contributed by atoms with Crippen molar-refractivity contribution in [2.45, 2.75) is 142 Å². The van der Waals surface area contributed by atoms with Gasteiger partial charge in [0.15, 0.2) is 11.9 Å². The number of aliphatic hydroxyl groups is 1. The Bertz CT molecular complexity index is 1060. The molecule has 4 atom stereocenters. The number of rotatable bonds is 29. The summed E-state index contributed by atoms with van der Waals surface area (Å²) >= 11 is 0. The molecule has 11 heteroatoms. The first kappa shape index (κ1) is 43.7. The van der Waals surface area contributed by atoms with Crippen LogP contribution in [0.15, 0.2) is 48.6 Å². The van der Waals surface area contributed by atoms with Gasteiger partial charge in [-0.2, -0.15) is 0 Å². The van der Waals surface area contributed by atoms with Crippen molar-refractivity contribution in [1.82, 2.24) is 0 Å². The number of phosphoric acid groups is 1. The zero-order valence-electron chi connectivity index (χ0n) is 29.2. The Labute approximate surface area is 288 Å². The molecule has 1 aliphatic rings. The molecule has 0 spiro atoms. The van der Waals surface area contributed by atoms with Crippen molar-refractivity contribution in [3.63, 3.8) is 0 Å². The minimum Gasteiger partial charge on any atom is -0.462 e. The highest BCUT2D eigenvalue weighted by molar-refractivity contribution is 7.46. The summed E-state index contributed by atoms with van der Waals surface area (Å²) in [5.41, 5.74) is 0. The maximum atomic E-state index is 12.4. The Balaban J connectivity index is 2.35. The third-order valence-corrected chi connectivity index (χ3v) is 8.55. The van der Waals surface area contributed by atoms with Crippen LogP contribution < -0.4 is 0 Å². The van der Waals surface area contributed by atoms with Gasteiger partial charge in [-0.25, -0.2) is 4.57 Å². The second kappa shape index (κ2) is 27.5. The van der Waals surface area contributed by atoms with E-state index in [1.54, 1.807) is 12.2 Å². The van der Waals surface area contributed by atoms with E-state index in [4.69, 9.17) is 19.3 Å². The minimum absolute atomic E-state index is 0.0165. The number of allylic oxidation sites excluding steroid dienone is 7. The van der Waals surface area contributed by atoms with Gasteiger partial charge in [-0.3, -0.25) is 18.9 Å². The van der Waals surface area contributed by atoms with Crippen LogP contribution in [0.25, 0.3) is 0 Å². The standard InChI is InChI=1S/C37H61O10P/c1-3-5-7-8-9-10-11-12-13-14-19-23-36(40)45-29-33(30-46-48(42,43)44)47-37(41)24-20-16-15-18-21-31-25-28-35(39)34(31)27-26-32(38)22-17-6-4-2/h8-9,15,18,25-28,31-34,38H,3-7,10-14,16-17,19-24,29-30H2,1-2H3,(H2,42,43,44)/b9-8-,18-15-,27-26+/t31-,32-,33+,34+/m0/s1. The molecule has 0 aromatic carbocycles. The maximum absolute atomic E-state index is 12.4. The summed E-state index contributed by atoms with van der Waals surface area (Å²) < 4.78 is 26.2. The maximum Gasteiger partial charge on any atom is 0.469 e. The first-order valence-electron chi connectivity index (χ1n) is 18.0. The molecule has 0 bridgehead atoms. The Hall–Kier alpha value is -2.36. The number of hydrogen-bond acceptors (Lipinski definition) is 8. The summed E-state index contributed by atoms with van der Waals surface area (Å²) in [4.78, 5) is 55.1. The Kier molecular flexibility index (Phi) is 25.0. The predicted molar refractivity (Wildman–Crippen MR) is 188 cm³/mol. The van der Waals surface area contributed by atoms with E-state index in [0.29, 0.717) is 32.1 Å². The van der Waals surface area contributed by atoms with Crippen molar-refractivity contribution in [3.8, 4) is 0 Å². The molecule has 0 radical (unpaired) electrons. The molecule has 0 heterocycles. The fourth-order valence-corrected chi connectivity index (χ4v) is 5.59. The van der Waals surface area contributed by atoms with Crippen molar-refractivity contribution in [2.24, 2.45) is 11.8 Å². The van der Waals surface area contributed by atoms with Gasteiger partial charge >= 0.3 is 19.8 Å². The van der Waals surface area contributed by atoms with E-state index in [1.165, 1.54) is 12.8 Å². The molecular formula is C37H61O10P. The van der Waals surface area contributed by atoms with Crippen LogP contribution in [0.4, 0.5) is 0 Å². The average Bonchev–Trinajstić information content (AvgIpc) is 3.39. The van der Waals surface area contributed by atoms with E-state index in [2.05, 4.69) is 30.5 Å². The molecule has 1 aliphatic carbocycles. The highest BCUT2D eigenvalue weighted by Gasteiger charge is 2.27. The molecule has 0 unspecified atom stereocenters. The fourth-order valence-electron chi connectivity index (χ4n) is 5.22. The number of phosphoric ester groups is 1. The number of esters is 2. The van der Waals surface area contributed by atoms with Gasteiger partial charge in [0.1, 0.15) is 6.61 Å². The second-order valence-corrected chi connectivity index (χ2v) is 13.7. The molecule has 10 nitrogen and oxygen atoms in total. The summed E-state index contributed by atoms with van der Waals surface area (Å²) in [6.45, 7) is 3.34. The van der Waals surface area contributed by atoms with E-state index >= 15 is 0 Å². The van der Waals surface area contributed by atoms with E-state index in [1.807, 2.05) is 24.3 Å². The van der Waals surface area contributed by atoms with Gasteiger partial charge in [0.05, 0.1) is 12.7 Å². The van der Waals surface area contributed by atoms with Crippen molar-refractivity contribution in [2.75, 3.05) is 13.2 Å². The lowest BCUT2D eigenvalue weighted by atomic mass is 9.90. The Morgan fingerprint density at radius 1 is 0.833 bits per heavy atom. The van der Waals surface area contributed by atoms with Crippen molar-refractivity contribution in [1.29, 1.82) is 0 Å². The van der Waals surface area contributed by atoms with Crippen LogP contribution in [0.1, 0.15) is 129 Å². The summed E-state index contributed by atoms with van der Waals surface area (Å²) in [6, 6.07) is 0. The van der Waals surface area contributed by atoms with Crippen molar-refractivity contribution >= 4 is 25.5 Å². The quantitative estimate of drug-likeness (QED) is 0.0303. The summed E-state index contributed by atoms with van der Waals surface area (Å²) in [5.74, 6) is -1.29. The van der Waals surface area contributed by atoms with E-state index in [-0.39, 0.29) is 37.1 Å². The van der Waals surface area contributed by atoms with Gasteiger partial charge in [-0.15, -0.1) is 0 Å². The molecule has 0 saturated heterocycles. The van der Waals surface area contributed by atoms with E-state index < -0.39 is 38.6 Å². The van der Waals surface area contributed by atoms with Crippen LogP contribution in [0.2, 0.25) is 0 Å². The molecule has 274 valence electrons. The first-order chi connectivity index (χ1) is 23.1. The second-order valence-electron chi connectivity index (χ2n) is 12.5. The van der Waals surface area contributed by atoms with Crippen LogP contribution in [-0.2, 0) is 32.9 Å². The van der Waals surface area contributed by atoms with E-state index in [9.17, 15) is 24.1 Å². The molecule has 0 amide bonds. The van der Waals surface area contributed by atoms with Gasteiger partial charge in [0.2, 0.25) is 0 Å². The van der Waals surface area contributed by atoms with Crippen molar-refractivity contribution < 1.29 is 47.8 Å². The molecular weight excluding hydrogens is 635 g/mol. The molecule has 3 N–H and O–H groups in total. The molecule has 0 aromatic heterocycles. The lowest BCUT2D eigenvalue weighted by molar-refractivity contribution is -0.161.